The van der Waals surface area contributed by atoms with E-state index in [9.17, 15) is 0 Å². The van der Waals surface area contributed by atoms with Gasteiger partial charge in [-0.2, -0.15) is 4.98 Å². The Balaban J connectivity index is 1.67. The molecule has 0 N–H and O–H groups in total. The van der Waals surface area contributed by atoms with E-state index in [1.165, 1.54) is 0 Å². The van der Waals surface area contributed by atoms with Gasteiger partial charge in [0.2, 0.25) is 5.95 Å². The third-order valence-corrected chi connectivity index (χ3v) is 5.96. The van der Waals surface area contributed by atoms with Gasteiger partial charge in [-0.25, -0.2) is 9.97 Å². The van der Waals surface area contributed by atoms with Gasteiger partial charge in [-0.1, -0.05) is 60.7 Å². The van der Waals surface area contributed by atoms with Crippen molar-refractivity contribution in [2.75, 3.05) is 0 Å². The Kier molecular flexibility index (Phi) is 3.49. The molecular weight excluding hydrogens is 396 g/mol. The fourth-order valence-corrected chi connectivity index (χ4v) is 4.55. The van der Waals surface area contributed by atoms with E-state index >= 15 is 0 Å². The first-order chi connectivity index (χ1) is 15.9. The minimum absolute atomic E-state index is 0.574. The van der Waals surface area contributed by atoms with Crippen LogP contribution >= 0.6 is 0 Å². The molecule has 4 aromatic heterocycles. The molecule has 32 heavy (non-hydrogen) atoms. The minimum atomic E-state index is 0.574. The summed E-state index contributed by atoms with van der Waals surface area (Å²) < 4.78 is 8.03. The summed E-state index contributed by atoms with van der Waals surface area (Å²) in [5.74, 6) is 0.574. The zero-order valence-corrected chi connectivity index (χ0v) is 16.9. The molecule has 0 atom stereocenters. The molecule has 3 aromatic carbocycles. The van der Waals surface area contributed by atoms with Crippen molar-refractivity contribution >= 4 is 43.8 Å². The standard InChI is InChI=1S/C27H16N4O/c1-2-7-17(8-3-1)23-21-10-6-15-28-26(21)30-27(29-23)31-22-11-5-4-9-19(22)20-13-12-18-14-16-32-25(18)24(20)31/h1-16H. The van der Waals surface area contributed by atoms with Crippen LogP contribution in [0.15, 0.2) is 102 Å². The summed E-state index contributed by atoms with van der Waals surface area (Å²) in [5, 5.41) is 4.20. The van der Waals surface area contributed by atoms with Gasteiger partial charge in [0.15, 0.2) is 11.2 Å². The number of furan rings is 1. The van der Waals surface area contributed by atoms with Crippen LogP contribution in [0.1, 0.15) is 0 Å². The number of benzene rings is 3. The Morgan fingerprint density at radius 3 is 2.47 bits per heavy atom. The molecule has 0 fully saturated rings. The predicted molar refractivity (Wildman–Crippen MR) is 127 cm³/mol. The third-order valence-electron chi connectivity index (χ3n) is 5.96. The van der Waals surface area contributed by atoms with Crippen molar-refractivity contribution in [2.24, 2.45) is 0 Å². The fourth-order valence-electron chi connectivity index (χ4n) is 4.55. The molecule has 0 amide bonds. The topological polar surface area (TPSA) is 56.7 Å². The average Bonchev–Trinajstić information content (AvgIpc) is 3.46. The summed E-state index contributed by atoms with van der Waals surface area (Å²) in [5.41, 5.74) is 5.36. The second kappa shape index (κ2) is 6.49. The molecule has 7 rings (SSSR count). The molecule has 4 heterocycles. The summed E-state index contributed by atoms with van der Waals surface area (Å²) in [6.07, 6.45) is 3.49. The quantitative estimate of drug-likeness (QED) is 0.324. The van der Waals surface area contributed by atoms with E-state index in [1.807, 2.05) is 42.5 Å². The highest BCUT2D eigenvalue weighted by Gasteiger charge is 2.20. The molecule has 5 heteroatoms. The number of nitrogens with zero attached hydrogens (tertiary/aromatic N) is 4. The maximum atomic E-state index is 5.93. The van der Waals surface area contributed by atoms with Crippen molar-refractivity contribution in [3.05, 3.63) is 97.4 Å². The van der Waals surface area contributed by atoms with E-state index in [-0.39, 0.29) is 0 Å². The molecule has 7 aromatic rings. The summed E-state index contributed by atoms with van der Waals surface area (Å²) >= 11 is 0. The van der Waals surface area contributed by atoms with E-state index in [1.54, 1.807) is 12.5 Å². The lowest BCUT2D eigenvalue weighted by Gasteiger charge is -2.11. The molecule has 0 aliphatic heterocycles. The van der Waals surface area contributed by atoms with Crippen LogP contribution in [0.25, 0.3) is 61.0 Å². The Bertz CT molecular complexity index is 1780. The number of pyridine rings is 1. The zero-order valence-electron chi connectivity index (χ0n) is 16.9. The predicted octanol–water partition coefficient (Wildman–Crippen LogP) is 6.54. The monoisotopic (exact) mass is 412 g/mol. The van der Waals surface area contributed by atoms with E-state index in [2.05, 4.69) is 52.0 Å². The van der Waals surface area contributed by atoms with Gasteiger partial charge in [0, 0.05) is 33.3 Å². The van der Waals surface area contributed by atoms with Crippen LogP contribution in [-0.4, -0.2) is 19.5 Å². The first kappa shape index (κ1) is 17.2. The summed E-state index contributed by atoms with van der Waals surface area (Å²) in [7, 11) is 0. The van der Waals surface area contributed by atoms with Gasteiger partial charge in [0.1, 0.15) is 5.52 Å². The highest BCUT2D eigenvalue weighted by atomic mass is 16.3. The average molecular weight is 412 g/mol. The van der Waals surface area contributed by atoms with E-state index in [0.717, 1.165) is 49.4 Å². The lowest BCUT2D eigenvalue weighted by molar-refractivity contribution is 0.617. The van der Waals surface area contributed by atoms with Gasteiger partial charge in [-0.3, -0.25) is 4.57 Å². The van der Waals surface area contributed by atoms with E-state index < -0.39 is 0 Å². The minimum Gasteiger partial charge on any atom is -0.462 e. The molecule has 150 valence electrons. The molecule has 0 unspecified atom stereocenters. The number of hydrogen-bond donors (Lipinski definition) is 0. The maximum Gasteiger partial charge on any atom is 0.237 e. The zero-order chi connectivity index (χ0) is 21.1. The van der Waals surface area contributed by atoms with Crippen LogP contribution in [0.5, 0.6) is 0 Å². The van der Waals surface area contributed by atoms with Crippen molar-refractivity contribution in [3.8, 4) is 17.2 Å². The third kappa shape index (κ3) is 2.36. The number of hydrogen-bond acceptors (Lipinski definition) is 4. The normalized spacial score (nSPS) is 11.8. The van der Waals surface area contributed by atoms with Crippen LogP contribution in [0.3, 0.4) is 0 Å². The number of para-hydroxylation sites is 1. The van der Waals surface area contributed by atoms with Crippen molar-refractivity contribution in [3.63, 3.8) is 0 Å². The molecule has 0 saturated heterocycles. The van der Waals surface area contributed by atoms with Crippen LogP contribution in [0.2, 0.25) is 0 Å². The summed E-state index contributed by atoms with van der Waals surface area (Å²) in [6.45, 7) is 0. The second-order valence-electron chi connectivity index (χ2n) is 7.77. The number of aromatic nitrogens is 4. The van der Waals surface area contributed by atoms with Crippen LogP contribution in [-0.2, 0) is 0 Å². The first-order valence-electron chi connectivity index (χ1n) is 10.5. The van der Waals surface area contributed by atoms with Gasteiger partial charge in [-0.05, 0) is 24.3 Å². The maximum absolute atomic E-state index is 5.93. The van der Waals surface area contributed by atoms with Crippen molar-refractivity contribution in [1.82, 2.24) is 19.5 Å². The lowest BCUT2D eigenvalue weighted by atomic mass is 10.1. The lowest BCUT2D eigenvalue weighted by Crippen LogP contribution is -2.04. The summed E-state index contributed by atoms with van der Waals surface area (Å²) in [4.78, 5) is 14.5. The Hall–Kier alpha value is -4.51. The molecule has 5 nitrogen and oxygen atoms in total. The molecular formula is C27H16N4O. The van der Waals surface area contributed by atoms with Gasteiger partial charge in [0.25, 0.3) is 0 Å². The van der Waals surface area contributed by atoms with Crippen molar-refractivity contribution < 1.29 is 4.42 Å². The van der Waals surface area contributed by atoms with Crippen LogP contribution in [0, 0.1) is 0 Å². The van der Waals surface area contributed by atoms with E-state index in [0.29, 0.717) is 11.6 Å². The summed E-state index contributed by atoms with van der Waals surface area (Å²) in [6, 6.07) is 28.6. The molecule has 0 spiro atoms. The first-order valence-corrected chi connectivity index (χ1v) is 10.5. The van der Waals surface area contributed by atoms with Gasteiger partial charge >= 0.3 is 0 Å². The van der Waals surface area contributed by atoms with Crippen LogP contribution < -0.4 is 0 Å². The molecule has 0 aliphatic carbocycles. The van der Waals surface area contributed by atoms with Gasteiger partial charge in [0.05, 0.1) is 17.5 Å². The van der Waals surface area contributed by atoms with Gasteiger partial charge < -0.3 is 4.42 Å². The Morgan fingerprint density at radius 1 is 0.688 bits per heavy atom. The molecule has 0 radical (unpaired) electrons. The number of fused-ring (bicyclic) bond motifs is 6. The highest BCUT2D eigenvalue weighted by molar-refractivity contribution is 6.16. The second-order valence-corrected chi connectivity index (χ2v) is 7.77. The SMILES string of the molecule is c1ccc(-c2nc(-n3c4ccccc4c4ccc5ccoc5c43)nc3ncccc23)cc1. The molecule has 0 aliphatic rings. The smallest absolute Gasteiger partial charge is 0.237 e. The Morgan fingerprint density at radius 2 is 1.53 bits per heavy atom. The van der Waals surface area contributed by atoms with E-state index in [4.69, 9.17) is 14.4 Å². The highest BCUT2D eigenvalue weighted by Crippen LogP contribution is 2.37. The van der Waals surface area contributed by atoms with Crippen LogP contribution in [0.4, 0.5) is 0 Å². The van der Waals surface area contributed by atoms with Gasteiger partial charge in [-0.15, -0.1) is 0 Å². The number of rotatable bonds is 2. The fraction of sp³-hybridized carbons (Fsp3) is 0. The van der Waals surface area contributed by atoms with Crippen molar-refractivity contribution in [2.45, 2.75) is 0 Å². The Labute approximate surface area is 182 Å². The largest absolute Gasteiger partial charge is 0.462 e. The van der Waals surface area contributed by atoms with Crippen molar-refractivity contribution in [1.29, 1.82) is 0 Å². The molecule has 0 saturated carbocycles. The molecule has 0 bridgehead atoms.